The van der Waals surface area contributed by atoms with E-state index >= 15 is 0 Å². The summed E-state index contributed by atoms with van der Waals surface area (Å²) in [6, 6.07) is 18.7. The Labute approximate surface area is 351 Å². The van der Waals surface area contributed by atoms with E-state index in [-0.39, 0.29) is 23.7 Å². The fourth-order valence-electron chi connectivity index (χ4n) is 6.08. The molecule has 0 saturated heterocycles. The van der Waals surface area contributed by atoms with Crippen molar-refractivity contribution in [3.63, 3.8) is 0 Å². The Bertz CT molecular complexity index is 2230. The molecule has 2 heterocycles. The van der Waals surface area contributed by atoms with E-state index in [0.717, 1.165) is 10.4 Å². The number of benzene rings is 3. The SMILES string of the molecule is CCC(Sc1cccc(NC(=O)/C(=C\c2cc(OC)c(OC)cc2OC)NC(=O)c2ccccc2)c1)C(=O)Nc1sc2c(c1C(=O)OC)CCN(C(=O)OC(C)(C)C)C2. The molecule has 3 N–H and O–H groups in total. The number of anilines is 2. The Morgan fingerprint density at radius 1 is 0.881 bits per heavy atom. The predicted octanol–water partition coefficient (Wildman–Crippen LogP) is 7.77. The van der Waals surface area contributed by atoms with Gasteiger partial charge in [-0.05, 0) is 81.7 Å². The molecule has 16 heteroatoms. The number of nitrogens with zero attached hydrogens (tertiary/aromatic N) is 1. The van der Waals surface area contributed by atoms with Gasteiger partial charge in [-0.2, -0.15) is 0 Å². The Balaban J connectivity index is 1.36. The van der Waals surface area contributed by atoms with Crippen molar-refractivity contribution in [3.8, 4) is 17.2 Å². The summed E-state index contributed by atoms with van der Waals surface area (Å²) >= 11 is 2.52. The molecule has 4 aromatic rings. The fraction of sp³-hybridized carbons (Fsp3) is 0.326. The van der Waals surface area contributed by atoms with Crippen LogP contribution in [0.15, 0.2) is 77.3 Å². The average molecular weight is 845 g/mol. The van der Waals surface area contributed by atoms with Crippen molar-refractivity contribution in [2.45, 2.75) is 62.8 Å². The van der Waals surface area contributed by atoms with E-state index in [1.807, 2.05) is 13.0 Å². The van der Waals surface area contributed by atoms with Gasteiger partial charge in [-0.3, -0.25) is 14.4 Å². The van der Waals surface area contributed by atoms with Crippen LogP contribution in [0, 0.1) is 0 Å². The molecule has 0 spiro atoms. The topological polar surface area (TPSA) is 171 Å². The molecule has 14 nitrogen and oxygen atoms in total. The molecule has 1 unspecified atom stereocenters. The highest BCUT2D eigenvalue weighted by Crippen LogP contribution is 2.39. The van der Waals surface area contributed by atoms with E-state index < -0.39 is 34.7 Å². The fourth-order valence-corrected chi connectivity index (χ4v) is 8.35. The Morgan fingerprint density at radius 2 is 1.58 bits per heavy atom. The third-order valence-electron chi connectivity index (χ3n) is 8.93. The molecule has 0 aliphatic carbocycles. The summed E-state index contributed by atoms with van der Waals surface area (Å²) < 4.78 is 27.1. The molecule has 1 aliphatic rings. The van der Waals surface area contributed by atoms with Gasteiger partial charge >= 0.3 is 12.1 Å². The molecule has 1 atom stereocenters. The lowest BCUT2D eigenvalue weighted by atomic mass is 10.0. The minimum Gasteiger partial charge on any atom is -0.496 e. The van der Waals surface area contributed by atoms with Crippen LogP contribution in [0.4, 0.5) is 15.5 Å². The van der Waals surface area contributed by atoms with Crippen LogP contribution in [0.2, 0.25) is 0 Å². The van der Waals surface area contributed by atoms with E-state index in [0.29, 0.717) is 63.3 Å². The summed E-state index contributed by atoms with van der Waals surface area (Å²) in [5.41, 5.74) is 1.46. The van der Waals surface area contributed by atoms with Gasteiger partial charge in [0, 0.05) is 39.2 Å². The first kappa shape index (κ1) is 44.1. The van der Waals surface area contributed by atoms with Crippen LogP contribution < -0.4 is 30.2 Å². The first-order chi connectivity index (χ1) is 28.2. The van der Waals surface area contributed by atoms with Crippen LogP contribution in [0.5, 0.6) is 17.2 Å². The number of hydrogen-bond donors (Lipinski definition) is 3. The third-order valence-corrected chi connectivity index (χ3v) is 11.4. The molecule has 4 amide bonds. The maximum absolute atomic E-state index is 13.9. The second kappa shape index (κ2) is 19.6. The van der Waals surface area contributed by atoms with Gasteiger partial charge in [0.15, 0.2) is 11.5 Å². The molecule has 1 aromatic heterocycles. The molecule has 3 aromatic carbocycles. The summed E-state index contributed by atoms with van der Waals surface area (Å²) in [7, 11) is 5.74. The zero-order valence-corrected chi connectivity index (χ0v) is 35.8. The summed E-state index contributed by atoms with van der Waals surface area (Å²) in [6.45, 7) is 7.84. The zero-order valence-electron chi connectivity index (χ0n) is 34.2. The number of ether oxygens (including phenoxy) is 5. The van der Waals surface area contributed by atoms with E-state index in [9.17, 15) is 24.0 Å². The first-order valence-electron chi connectivity index (χ1n) is 18.7. The number of esters is 1. The molecule has 1 aliphatic heterocycles. The minimum atomic E-state index is -0.664. The smallest absolute Gasteiger partial charge is 0.410 e. The van der Waals surface area contributed by atoms with E-state index in [1.54, 1.807) is 86.3 Å². The van der Waals surface area contributed by atoms with Crippen LogP contribution in [0.25, 0.3) is 6.08 Å². The van der Waals surface area contributed by atoms with E-state index in [4.69, 9.17) is 23.7 Å². The highest BCUT2D eigenvalue weighted by atomic mass is 32.2. The molecular formula is C43H48N4O10S2. The van der Waals surface area contributed by atoms with Gasteiger partial charge in [0.05, 0.1) is 45.8 Å². The molecule has 0 bridgehead atoms. The number of rotatable bonds is 14. The first-order valence-corrected chi connectivity index (χ1v) is 20.4. The predicted molar refractivity (Wildman–Crippen MR) is 228 cm³/mol. The van der Waals surface area contributed by atoms with Crippen molar-refractivity contribution in [3.05, 3.63) is 99.6 Å². The van der Waals surface area contributed by atoms with Crippen molar-refractivity contribution in [2.75, 3.05) is 45.6 Å². The highest BCUT2D eigenvalue weighted by Gasteiger charge is 2.33. The number of amides is 4. The summed E-state index contributed by atoms with van der Waals surface area (Å²) in [4.78, 5) is 70.0. The van der Waals surface area contributed by atoms with Gasteiger partial charge in [0.2, 0.25) is 5.91 Å². The highest BCUT2D eigenvalue weighted by molar-refractivity contribution is 8.00. The molecule has 0 fully saturated rings. The van der Waals surface area contributed by atoms with Gasteiger partial charge in [-0.25, -0.2) is 9.59 Å². The van der Waals surface area contributed by atoms with Crippen LogP contribution in [-0.2, 0) is 32.0 Å². The normalized spacial score (nSPS) is 13.0. The Morgan fingerprint density at radius 3 is 2.22 bits per heavy atom. The van der Waals surface area contributed by atoms with E-state index in [2.05, 4.69) is 16.0 Å². The summed E-state index contributed by atoms with van der Waals surface area (Å²) in [6.07, 6.45) is 1.85. The van der Waals surface area contributed by atoms with Gasteiger partial charge in [-0.15, -0.1) is 23.1 Å². The van der Waals surface area contributed by atoms with Crippen molar-refractivity contribution in [2.24, 2.45) is 0 Å². The zero-order chi connectivity index (χ0) is 42.9. The molecule has 312 valence electrons. The number of hydrogen-bond acceptors (Lipinski definition) is 12. The molecule has 0 radical (unpaired) electrons. The van der Waals surface area contributed by atoms with Crippen molar-refractivity contribution in [1.29, 1.82) is 0 Å². The molecule has 5 rings (SSSR count). The number of nitrogens with one attached hydrogen (secondary N) is 3. The molecule has 59 heavy (non-hydrogen) atoms. The summed E-state index contributed by atoms with van der Waals surface area (Å²) in [5.74, 6) is -0.872. The van der Waals surface area contributed by atoms with E-state index in [1.165, 1.54) is 57.6 Å². The quantitative estimate of drug-likeness (QED) is 0.0644. The lowest BCUT2D eigenvalue weighted by Crippen LogP contribution is -2.39. The van der Waals surface area contributed by atoms with Crippen LogP contribution >= 0.6 is 23.1 Å². The Kier molecular flexibility index (Phi) is 14.7. The van der Waals surface area contributed by atoms with Crippen molar-refractivity contribution in [1.82, 2.24) is 10.2 Å². The maximum atomic E-state index is 13.9. The average Bonchev–Trinajstić information content (AvgIpc) is 3.58. The third kappa shape index (κ3) is 11.1. The second-order valence-electron chi connectivity index (χ2n) is 14.2. The van der Waals surface area contributed by atoms with Crippen molar-refractivity contribution >= 4 is 69.6 Å². The van der Waals surface area contributed by atoms with Crippen molar-refractivity contribution < 1.29 is 47.7 Å². The monoisotopic (exact) mass is 844 g/mol. The maximum Gasteiger partial charge on any atom is 0.410 e. The molecular weight excluding hydrogens is 797 g/mol. The van der Waals surface area contributed by atoms with Gasteiger partial charge in [0.25, 0.3) is 11.8 Å². The minimum absolute atomic E-state index is 0.0810. The number of methoxy groups -OCH3 is 4. The number of thiophene rings is 1. The van der Waals surface area contributed by atoms with Crippen LogP contribution in [0.3, 0.4) is 0 Å². The van der Waals surface area contributed by atoms with Gasteiger partial charge in [-0.1, -0.05) is 31.2 Å². The van der Waals surface area contributed by atoms with Crippen LogP contribution in [0.1, 0.15) is 70.8 Å². The number of thioether (sulfide) groups is 1. The second-order valence-corrected chi connectivity index (χ2v) is 16.5. The number of fused-ring (bicyclic) bond motifs is 1. The number of carbonyl (C=O) groups excluding carboxylic acids is 5. The number of carbonyl (C=O) groups is 5. The van der Waals surface area contributed by atoms with Gasteiger partial charge in [0.1, 0.15) is 22.0 Å². The lowest BCUT2D eigenvalue weighted by molar-refractivity contribution is -0.116. The lowest BCUT2D eigenvalue weighted by Gasteiger charge is -2.30. The standard InChI is InChI=1S/C43H48N4O10S2/c1-9-34(39(50)46-40-36(41(51)56-8)29-18-19-47(24-35(29)59-40)42(52)57-43(2,3)4)58-28-17-13-16-27(22-28)44-38(49)30(45-37(48)25-14-11-10-12-15-25)20-26-21-32(54-6)33(55-7)23-31(26)53-5/h10-17,20-23,34H,9,18-19,24H2,1-8H3,(H,44,49)(H,45,48)(H,46,50)/b30-20+. The van der Waals surface area contributed by atoms with Crippen LogP contribution in [-0.4, -0.2) is 80.5 Å². The van der Waals surface area contributed by atoms with Gasteiger partial charge < -0.3 is 44.5 Å². The summed E-state index contributed by atoms with van der Waals surface area (Å²) in [5, 5.41) is 8.31. The largest absolute Gasteiger partial charge is 0.496 e. The Hall–Kier alpha value is -6.00. The molecule has 0 saturated carbocycles.